The van der Waals surface area contributed by atoms with Crippen molar-refractivity contribution in [3.8, 4) is 5.75 Å². The van der Waals surface area contributed by atoms with Crippen LogP contribution in [0.1, 0.15) is 22.3 Å². The molecule has 0 atom stereocenters. The SMILES string of the molecule is NS(=O)(=O)c1ccc(OCCCNC(=O)c2ccc(NC(=O)Nc3ccc(Cl)c(C(F)(F)F)c3)cc2)cc1. The minimum atomic E-state index is -4.67. The average Bonchev–Trinajstić information content (AvgIpc) is 2.84. The van der Waals surface area contributed by atoms with Crippen molar-refractivity contribution < 1.29 is 35.9 Å². The second-order valence-corrected chi connectivity index (χ2v) is 9.79. The lowest BCUT2D eigenvalue weighted by Crippen LogP contribution is -2.25. The third kappa shape index (κ3) is 8.36. The number of alkyl halides is 3. The summed E-state index contributed by atoms with van der Waals surface area (Å²) in [5.41, 5.74) is -0.536. The molecule has 38 heavy (non-hydrogen) atoms. The van der Waals surface area contributed by atoms with Crippen molar-refractivity contribution in [2.75, 3.05) is 23.8 Å². The van der Waals surface area contributed by atoms with E-state index in [1.54, 1.807) is 0 Å². The lowest BCUT2D eigenvalue weighted by atomic mass is 10.2. The molecule has 0 aliphatic rings. The zero-order valence-corrected chi connectivity index (χ0v) is 21.1. The molecule has 14 heteroatoms. The number of benzene rings is 3. The van der Waals surface area contributed by atoms with Crippen molar-refractivity contribution >= 4 is 44.9 Å². The fourth-order valence-electron chi connectivity index (χ4n) is 3.11. The molecule has 0 aliphatic carbocycles. The molecule has 0 unspecified atom stereocenters. The number of anilines is 2. The van der Waals surface area contributed by atoms with Crippen molar-refractivity contribution in [3.05, 3.63) is 82.9 Å². The first-order chi connectivity index (χ1) is 17.8. The van der Waals surface area contributed by atoms with Crippen LogP contribution in [0.3, 0.4) is 0 Å². The Morgan fingerprint density at radius 1 is 0.921 bits per heavy atom. The predicted octanol–water partition coefficient (Wildman–Crippen LogP) is 4.85. The Morgan fingerprint density at radius 3 is 2.13 bits per heavy atom. The van der Waals surface area contributed by atoms with E-state index in [1.807, 2.05) is 0 Å². The van der Waals surface area contributed by atoms with Crippen LogP contribution in [0.4, 0.5) is 29.3 Å². The van der Waals surface area contributed by atoms with Gasteiger partial charge in [-0.1, -0.05) is 11.6 Å². The molecule has 3 aromatic rings. The molecule has 202 valence electrons. The zero-order chi connectivity index (χ0) is 27.9. The summed E-state index contributed by atoms with van der Waals surface area (Å²) < 4.78 is 66.9. The largest absolute Gasteiger partial charge is 0.494 e. The molecule has 0 spiro atoms. The molecule has 0 aliphatic heterocycles. The second-order valence-electron chi connectivity index (χ2n) is 7.82. The molecule has 3 aromatic carbocycles. The van der Waals surface area contributed by atoms with Gasteiger partial charge in [0, 0.05) is 23.5 Å². The van der Waals surface area contributed by atoms with Gasteiger partial charge in [0.1, 0.15) is 5.75 Å². The smallest absolute Gasteiger partial charge is 0.417 e. The van der Waals surface area contributed by atoms with Crippen LogP contribution in [0.5, 0.6) is 5.75 Å². The van der Waals surface area contributed by atoms with E-state index in [0.717, 1.165) is 12.1 Å². The topological polar surface area (TPSA) is 140 Å². The quantitative estimate of drug-likeness (QED) is 0.272. The summed E-state index contributed by atoms with van der Waals surface area (Å²) in [6.45, 7) is 0.572. The number of primary sulfonamides is 1. The van der Waals surface area contributed by atoms with Gasteiger partial charge in [0.2, 0.25) is 10.0 Å². The molecule has 0 saturated heterocycles. The van der Waals surface area contributed by atoms with Crippen LogP contribution < -0.4 is 25.8 Å². The first-order valence-corrected chi connectivity index (χ1v) is 12.8. The molecule has 0 radical (unpaired) electrons. The summed E-state index contributed by atoms with van der Waals surface area (Å²) in [5.74, 6) is 0.0899. The number of urea groups is 1. The molecule has 0 saturated carbocycles. The standard InChI is InChI=1S/C24H22ClF3N4O5S/c25-21-11-6-17(14-20(21)24(26,27)28)32-23(34)31-16-4-2-15(3-5-16)22(33)30-12-1-13-37-18-7-9-19(10-8-18)38(29,35)36/h2-11,14H,1,12-13H2,(H,30,33)(H2,29,35,36)(H2,31,32,34). The minimum absolute atomic E-state index is 0.0277. The third-order valence-electron chi connectivity index (χ3n) is 4.96. The highest BCUT2D eigenvalue weighted by Crippen LogP contribution is 2.36. The van der Waals surface area contributed by atoms with E-state index in [4.69, 9.17) is 21.5 Å². The first kappa shape index (κ1) is 28.8. The Labute approximate surface area is 221 Å². The van der Waals surface area contributed by atoms with Gasteiger partial charge in [-0.2, -0.15) is 13.2 Å². The number of carbonyl (C=O) groups is 2. The molecule has 0 aromatic heterocycles. The zero-order valence-electron chi connectivity index (χ0n) is 19.5. The number of hydrogen-bond acceptors (Lipinski definition) is 5. The Hall–Kier alpha value is -3.81. The highest BCUT2D eigenvalue weighted by Gasteiger charge is 2.33. The number of ether oxygens (including phenoxy) is 1. The first-order valence-electron chi connectivity index (χ1n) is 10.9. The predicted molar refractivity (Wildman–Crippen MR) is 136 cm³/mol. The van der Waals surface area contributed by atoms with Gasteiger partial charge >= 0.3 is 12.2 Å². The normalized spacial score (nSPS) is 11.5. The second kappa shape index (κ2) is 12.2. The average molecular weight is 571 g/mol. The van der Waals surface area contributed by atoms with E-state index in [0.29, 0.717) is 30.0 Å². The van der Waals surface area contributed by atoms with Gasteiger partial charge in [-0.3, -0.25) is 4.79 Å². The van der Waals surface area contributed by atoms with Crippen LogP contribution in [0.15, 0.2) is 71.6 Å². The fraction of sp³-hybridized carbons (Fsp3) is 0.167. The van der Waals surface area contributed by atoms with E-state index >= 15 is 0 Å². The Balaban J connectivity index is 1.42. The van der Waals surface area contributed by atoms with Gasteiger partial charge in [-0.15, -0.1) is 0 Å². The number of amides is 3. The van der Waals surface area contributed by atoms with E-state index in [2.05, 4.69) is 16.0 Å². The summed E-state index contributed by atoms with van der Waals surface area (Å²) in [6, 6.07) is 13.7. The molecule has 0 fully saturated rings. The van der Waals surface area contributed by atoms with Crippen molar-refractivity contribution in [3.63, 3.8) is 0 Å². The molecule has 5 N–H and O–H groups in total. The van der Waals surface area contributed by atoms with E-state index < -0.39 is 32.8 Å². The monoisotopic (exact) mass is 570 g/mol. The van der Waals surface area contributed by atoms with Crippen molar-refractivity contribution in [2.24, 2.45) is 5.14 Å². The molecule has 0 heterocycles. The Morgan fingerprint density at radius 2 is 1.53 bits per heavy atom. The summed E-state index contributed by atoms with van der Waals surface area (Å²) in [5, 5.41) is 12.0. The van der Waals surface area contributed by atoms with Crippen LogP contribution in [0.25, 0.3) is 0 Å². The number of halogens is 4. The number of nitrogens with one attached hydrogen (secondary N) is 3. The van der Waals surface area contributed by atoms with Gasteiger partial charge in [-0.25, -0.2) is 18.4 Å². The molecule has 3 amide bonds. The summed E-state index contributed by atoms with van der Waals surface area (Å²) in [4.78, 5) is 24.4. The molecular weight excluding hydrogens is 549 g/mol. The summed E-state index contributed by atoms with van der Waals surface area (Å²) in [6.07, 6.45) is -4.19. The van der Waals surface area contributed by atoms with E-state index in [-0.39, 0.29) is 23.1 Å². The third-order valence-corrected chi connectivity index (χ3v) is 6.22. The highest BCUT2D eigenvalue weighted by atomic mass is 35.5. The molecule has 3 rings (SSSR count). The molecular formula is C24H22ClF3N4O5S. The van der Waals surface area contributed by atoms with Gasteiger partial charge in [0.05, 0.1) is 22.1 Å². The van der Waals surface area contributed by atoms with Crippen LogP contribution in [0, 0.1) is 0 Å². The van der Waals surface area contributed by atoms with Crippen LogP contribution in [-0.4, -0.2) is 33.5 Å². The summed E-state index contributed by atoms with van der Waals surface area (Å²) >= 11 is 5.57. The number of nitrogens with two attached hydrogens (primary N) is 1. The lowest BCUT2D eigenvalue weighted by molar-refractivity contribution is -0.137. The van der Waals surface area contributed by atoms with E-state index in [9.17, 15) is 31.2 Å². The summed E-state index contributed by atoms with van der Waals surface area (Å²) in [7, 11) is -3.78. The van der Waals surface area contributed by atoms with Gasteiger partial charge < -0.3 is 20.7 Å². The Kier molecular flexibility index (Phi) is 9.20. The highest BCUT2D eigenvalue weighted by molar-refractivity contribution is 7.89. The number of sulfonamides is 1. The van der Waals surface area contributed by atoms with Crippen LogP contribution >= 0.6 is 11.6 Å². The lowest BCUT2D eigenvalue weighted by Gasteiger charge is -2.12. The number of hydrogen-bond donors (Lipinski definition) is 4. The van der Waals surface area contributed by atoms with Crippen molar-refractivity contribution in [1.29, 1.82) is 0 Å². The Bertz CT molecular complexity index is 1400. The molecule has 9 nitrogen and oxygen atoms in total. The maximum Gasteiger partial charge on any atom is 0.417 e. The van der Waals surface area contributed by atoms with Gasteiger partial charge in [0.15, 0.2) is 0 Å². The van der Waals surface area contributed by atoms with Crippen LogP contribution in [-0.2, 0) is 16.2 Å². The minimum Gasteiger partial charge on any atom is -0.494 e. The fourth-order valence-corrected chi connectivity index (χ4v) is 3.85. The van der Waals surface area contributed by atoms with E-state index in [1.165, 1.54) is 54.6 Å². The number of carbonyl (C=O) groups excluding carboxylic acids is 2. The number of rotatable bonds is 9. The maximum absolute atomic E-state index is 13.0. The molecule has 0 bridgehead atoms. The van der Waals surface area contributed by atoms with Gasteiger partial charge in [0.25, 0.3) is 5.91 Å². The van der Waals surface area contributed by atoms with Gasteiger partial charge in [-0.05, 0) is 73.2 Å². The maximum atomic E-state index is 13.0. The van der Waals surface area contributed by atoms with Crippen molar-refractivity contribution in [1.82, 2.24) is 5.32 Å². The van der Waals surface area contributed by atoms with Crippen molar-refractivity contribution in [2.45, 2.75) is 17.5 Å². The van der Waals surface area contributed by atoms with Crippen LogP contribution in [0.2, 0.25) is 5.02 Å².